The van der Waals surface area contributed by atoms with E-state index in [1.54, 1.807) is 7.11 Å². The number of carbonyl (C=O) groups is 2. The summed E-state index contributed by atoms with van der Waals surface area (Å²) < 4.78 is 5.11. The molecule has 5 nitrogen and oxygen atoms in total. The third kappa shape index (κ3) is 3.94. The van der Waals surface area contributed by atoms with Crippen LogP contribution >= 0.6 is 11.8 Å². The number of amides is 1. The van der Waals surface area contributed by atoms with Crippen LogP contribution in [0.2, 0.25) is 0 Å². The maximum atomic E-state index is 12.6. The molecule has 2 unspecified atom stereocenters. The Balaban J connectivity index is 2.02. The summed E-state index contributed by atoms with van der Waals surface area (Å²) in [7, 11) is 1.61. The fraction of sp³-hybridized carbons (Fsp3) is 0.500. The quantitative estimate of drug-likeness (QED) is 0.844. The number of piperidine rings is 1. The normalized spacial score (nSPS) is 19.5. The van der Waals surface area contributed by atoms with Gasteiger partial charge in [0.25, 0.3) is 0 Å². The molecule has 1 aromatic rings. The lowest BCUT2D eigenvalue weighted by Gasteiger charge is -2.34. The van der Waals surface area contributed by atoms with Gasteiger partial charge in [0.1, 0.15) is 11.8 Å². The molecule has 1 aliphatic heterocycles. The monoisotopic (exact) mass is 323 g/mol. The number of rotatable bonds is 5. The van der Waals surface area contributed by atoms with Gasteiger partial charge in [-0.1, -0.05) is 0 Å². The highest BCUT2D eigenvalue weighted by molar-refractivity contribution is 8.00. The third-order valence-corrected chi connectivity index (χ3v) is 4.89. The van der Waals surface area contributed by atoms with Gasteiger partial charge in [-0.3, -0.25) is 4.79 Å². The van der Waals surface area contributed by atoms with Gasteiger partial charge < -0.3 is 14.7 Å². The molecule has 1 amide bonds. The van der Waals surface area contributed by atoms with Crippen molar-refractivity contribution < 1.29 is 19.4 Å². The van der Waals surface area contributed by atoms with Crippen LogP contribution in [0.25, 0.3) is 0 Å². The van der Waals surface area contributed by atoms with Crippen LogP contribution in [0.3, 0.4) is 0 Å². The number of ether oxygens (including phenoxy) is 1. The summed E-state index contributed by atoms with van der Waals surface area (Å²) in [6.45, 7) is 2.36. The molecule has 0 radical (unpaired) electrons. The molecule has 0 bridgehead atoms. The van der Waals surface area contributed by atoms with E-state index in [4.69, 9.17) is 4.74 Å². The van der Waals surface area contributed by atoms with Crippen LogP contribution in [-0.2, 0) is 9.59 Å². The van der Waals surface area contributed by atoms with Crippen molar-refractivity contribution in [2.75, 3.05) is 13.7 Å². The molecule has 0 saturated carbocycles. The number of likely N-dealkylation sites (tertiary alicyclic amines) is 1. The van der Waals surface area contributed by atoms with Crippen LogP contribution in [0.1, 0.15) is 26.2 Å². The van der Waals surface area contributed by atoms with Gasteiger partial charge in [-0.2, -0.15) is 0 Å². The lowest BCUT2D eigenvalue weighted by atomic mass is 10.0. The molecule has 120 valence electrons. The van der Waals surface area contributed by atoms with Crippen molar-refractivity contribution in [1.29, 1.82) is 0 Å². The van der Waals surface area contributed by atoms with Crippen molar-refractivity contribution in [2.24, 2.45) is 0 Å². The van der Waals surface area contributed by atoms with Crippen LogP contribution < -0.4 is 4.74 Å². The maximum absolute atomic E-state index is 12.6. The van der Waals surface area contributed by atoms with Gasteiger partial charge in [-0.25, -0.2) is 4.79 Å². The van der Waals surface area contributed by atoms with Crippen LogP contribution in [0.5, 0.6) is 5.75 Å². The van der Waals surface area contributed by atoms with Gasteiger partial charge in [0, 0.05) is 11.4 Å². The first kappa shape index (κ1) is 16.7. The van der Waals surface area contributed by atoms with Crippen LogP contribution in [0.15, 0.2) is 29.2 Å². The molecule has 1 N–H and O–H groups in total. The van der Waals surface area contributed by atoms with E-state index < -0.39 is 12.0 Å². The van der Waals surface area contributed by atoms with Crippen LogP contribution in [0, 0.1) is 0 Å². The van der Waals surface area contributed by atoms with E-state index in [1.165, 1.54) is 16.7 Å². The van der Waals surface area contributed by atoms with E-state index >= 15 is 0 Å². The van der Waals surface area contributed by atoms with Gasteiger partial charge in [-0.05, 0) is 50.5 Å². The second-order valence-electron chi connectivity index (χ2n) is 5.32. The Bertz CT molecular complexity index is 531. The lowest BCUT2D eigenvalue weighted by Crippen LogP contribution is -2.50. The smallest absolute Gasteiger partial charge is 0.326 e. The highest BCUT2D eigenvalue weighted by atomic mass is 32.2. The third-order valence-electron chi connectivity index (χ3n) is 3.79. The first-order chi connectivity index (χ1) is 10.5. The zero-order valence-electron chi connectivity index (χ0n) is 12.8. The molecule has 1 aromatic carbocycles. The minimum Gasteiger partial charge on any atom is -0.497 e. The van der Waals surface area contributed by atoms with Crippen molar-refractivity contribution in [3.05, 3.63) is 24.3 Å². The molecule has 1 heterocycles. The molecular formula is C16H21NO4S. The zero-order valence-corrected chi connectivity index (χ0v) is 13.6. The van der Waals surface area contributed by atoms with Crippen molar-refractivity contribution in [2.45, 2.75) is 42.4 Å². The standard InChI is InChI=1S/C16H21NO4S/c1-11(22-13-8-6-12(21-2)7-9-13)15(18)17-10-4-3-5-14(17)16(19)20/h6-9,11,14H,3-5,10H2,1-2H3,(H,19,20). The first-order valence-corrected chi connectivity index (χ1v) is 8.25. The number of carbonyl (C=O) groups excluding carboxylic acids is 1. The summed E-state index contributed by atoms with van der Waals surface area (Å²) in [5, 5.41) is 8.96. The molecular weight excluding hydrogens is 302 g/mol. The molecule has 1 fully saturated rings. The number of nitrogens with zero attached hydrogens (tertiary/aromatic N) is 1. The molecule has 2 rings (SSSR count). The average molecular weight is 323 g/mol. The SMILES string of the molecule is COc1ccc(SC(C)C(=O)N2CCCCC2C(=O)O)cc1. The van der Waals surface area contributed by atoms with E-state index in [9.17, 15) is 14.7 Å². The van der Waals surface area contributed by atoms with Crippen molar-refractivity contribution in [3.8, 4) is 5.75 Å². The van der Waals surface area contributed by atoms with Crippen molar-refractivity contribution in [3.63, 3.8) is 0 Å². The highest BCUT2D eigenvalue weighted by Crippen LogP contribution is 2.28. The van der Waals surface area contributed by atoms with Crippen molar-refractivity contribution in [1.82, 2.24) is 4.90 Å². The minimum atomic E-state index is -0.908. The van der Waals surface area contributed by atoms with E-state index in [-0.39, 0.29) is 11.2 Å². The van der Waals surface area contributed by atoms with E-state index in [2.05, 4.69) is 0 Å². The Morgan fingerprint density at radius 2 is 2.00 bits per heavy atom. The van der Waals surface area contributed by atoms with E-state index in [0.29, 0.717) is 13.0 Å². The molecule has 0 spiro atoms. The molecule has 1 saturated heterocycles. The number of thioether (sulfide) groups is 1. The van der Waals surface area contributed by atoms with Gasteiger partial charge in [0.05, 0.1) is 12.4 Å². The molecule has 0 aromatic heterocycles. The molecule has 22 heavy (non-hydrogen) atoms. The lowest BCUT2D eigenvalue weighted by molar-refractivity contribution is -0.151. The zero-order chi connectivity index (χ0) is 16.1. The van der Waals surface area contributed by atoms with Gasteiger partial charge >= 0.3 is 5.97 Å². The molecule has 0 aliphatic carbocycles. The van der Waals surface area contributed by atoms with E-state index in [1.807, 2.05) is 31.2 Å². The predicted octanol–water partition coefficient (Wildman–Crippen LogP) is 2.64. The summed E-state index contributed by atoms with van der Waals surface area (Å²) in [6.07, 6.45) is 2.27. The Hall–Kier alpha value is -1.69. The Morgan fingerprint density at radius 1 is 1.32 bits per heavy atom. The maximum Gasteiger partial charge on any atom is 0.326 e. The number of aliphatic carboxylic acids is 1. The van der Waals surface area contributed by atoms with Gasteiger partial charge in [0.15, 0.2) is 0 Å². The highest BCUT2D eigenvalue weighted by Gasteiger charge is 2.34. The number of carboxylic acids is 1. The fourth-order valence-corrected chi connectivity index (χ4v) is 3.53. The van der Waals surface area contributed by atoms with Gasteiger partial charge in [-0.15, -0.1) is 11.8 Å². The summed E-state index contributed by atoms with van der Waals surface area (Å²) in [6, 6.07) is 6.82. The Morgan fingerprint density at radius 3 is 2.59 bits per heavy atom. The number of benzene rings is 1. The summed E-state index contributed by atoms with van der Waals surface area (Å²) >= 11 is 1.44. The molecule has 1 aliphatic rings. The number of hydrogen-bond acceptors (Lipinski definition) is 4. The first-order valence-electron chi connectivity index (χ1n) is 7.37. The topological polar surface area (TPSA) is 66.8 Å². The minimum absolute atomic E-state index is 0.104. The summed E-state index contributed by atoms with van der Waals surface area (Å²) in [5.41, 5.74) is 0. The predicted molar refractivity (Wildman–Crippen MR) is 85.3 cm³/mol. The summed E-state index contributed by atoms with van der Waals surface area (Å²) in [4.78, 5) is 26.3. The second kappa shape index (κ2) is 7.54. The number of methoxy groups -OCH3 is 1. The van der Waals surface area contributed by atoms with Crippen LogP contribution in [-0.4, -0.2) is 46.8 Å². The Kier molecular flexibility index (Phi) is 5.71. The van der Waals surface area contributed by atoms with Crippen LogP contribution in [0.4, 0.5) is 0 Å². The molecule has 6 heteroatoms. The number of hydrogen-bond donors (Lipinski definition) is 1. The van der Waals surface area contributed by atoms with Crippen molar-refractivity contribution >= 4 is 23.6 Å². The number of carboxylic acid groups (broad SMARTS) is 1. The fourth-order valence-electron chi connectivity index (χ4n) is 2.59. The average Bonchev–Trinajstić information content (AvgIpc) is 2.54. The summed E-state index contributed by atoms with van der Waals surface area (Å²) in [5.74, 6) is -0.243. The molecule has 2 atom stereocenters. The Labute approximate surface area is 134 Å². The largest absolute Gasteiger partial charge is 0.497 e. The second-order valence-corrected chi connectivity index (χ2v) is 6.73. The van der Waals surface area contributed by atoms with Gasteiger partial charge in [0.2, 0.25) is 5.91 Å². The van der Waals surface area contributed by atoms with E-state index in [0.717, 1.165) is 23.5 Å².